The molecule has 34 atom stereocenters. The predicted octanol–water partition coefficient (Wildman–Crippen LogP) is -3.27. The summed E-state index contributed by atoms with van der Waals surface area (Å²) < 4.78 is 85.1. The van der Waals surface area contributed by atoms with Crippen LogP contribution >= 0.6 is 0 Å². The van der Waals surface area contributed by atoms with Gasteiger partial charge in [0.15, 0.2) is 31.5 Å². The Morgan fingerprint density at radius 3 is 1.73 bits per heavy atom. The van der Waals surface area contributed by atoms with Crippen LogP contribution in [0.5, 0.6) is 0 Å². The zero-order chi connectivity index (χ0) is 65.3. The number of carbonyl (C=O) groups is 1. The second-order valence-electron chi connectivity index (χ2n) is 26.8. The van der Waals surface area contributed by atoms with Gasteiger partial charge in [-0.05, 0) is 102 Å². The summed E-state index contributed by atoms with van der Waals surface area (Å²) in [4.78, 5) is 13.8. The van der Waals surface area contributed by atoms with Crippen LogP contribution in [0.3, 0.4) is 0 Å². The number of fused-ring (bicyclic) bond motifs is 5. The molecule has 9 aliphatic rings. The number of esters is 1. The lowest BCUT2D eigenvalue weighted by atomic mass is 9.40. The van der Waals surface area contributed by atoms with E-state index in [1.165, 1.54) is 28.3 Å². The minimum absolute atomic E-state index is 0.0173. The SMILES string of the molecule is CO[C@@H]1[C@@H](O)[C@H](O[C@@H]2[C@@H](C)O[C@@H](O[C@H]3[C@@H](OC)[C@@H](O)[C@H](O[C@H]4CC[C@@]5(C)C(CC[C@]6(O)[C@@H]5C[C@@H](OC(=O)c5ccccc5)[C@@]5(C)[C@]6(O)CC[C@@]5(O)C(C)O)C4)O[C@@H]3CO)C[C@H]2OC)O[C@H](C)[C@H]1O[C@@H]1O[C@H](CO)[C@@H](O[C@@H]2O[C@H](CO)[C@@H](O)[C@H](O)[C@H]2O)[C@H](O)[C@H]1O. The van der Waals surface area contributed by atoms with Crippen LogP contribution in [-0.2, 0) is 66.3 Å². The molecule has 9 fully saturated rings. The van der Waals surface area contributed by atoms with E-state index in [1.54, 1.807) is 51.1 Å². The fraction of sp³-hybridized carbons (Fsp3) is 0.885. The lowest BCUT2D eigenvalue weighted by Gasteiger charge is -2.69. The monoisotopic (exact) mass is 1290 g/mol. The molecule has 1 aromatic rings. The van der Waals surface area contributed by atoms with Crippen molar-refractivity contribution in [1.82, 2.24) is 0 Å². The molecule has 0 radical (unpaired) electrons. The first-order valence-corrected chi connectivity index (χ1v) is 31.5. The zero-order valence-electron chi connectivity index (χ0n) is 52.0. The summed E-state index contributed by atoms with van der Waals surface area (Å²) >= 11 is 0. The molecule has 0 aromatic heterocycles. The van der Waals surface area contributed by atoms with Crippen LogP contribution in [0.25, 0.3) is 0 Å². The normalized spacial score (nSPS) is 51.8. The Morgan fingerprint density at radius 1 is 0.567 bits per heavy atom. The zero-order valence-corrected chi connectivity index (χ0v) is 52.0. The van der Waals surface area contributed by atoms with Crippen molar-refractivity contribution < 1.29 is 143 Å². The first kappa shape index (κ1) is 70.4. The van der Waals surface area contributed by atoms with Gasteiger partial charge in [0.05, 0.1) is 66.9 Å². The average Bonchev–Trinajstić information content (AvgIpc) is 1.35. The van der Waals surface area contributed by atoms with Gasteiger partial charge in [-0.15, -0.1) is 0 Å². The number of hydrogen-bond acceptors (Lipinski definition) is 29. The number of methoxy groups -OCH3 is 3. The third-order valence-electron chi connectivity index (χ3n) is 22.3. The molecule has 5 heterocycles. The minimum Gasteiger partial charge on any atom is -0.458 e. The van der Waals surface area contributed by atoms with Gasteiger partial charge in [-0.1, -0.05) is 32.0 Å². The Hall–Kier alpha value is -2.39. The molecular weight excluding hydrogens is 1200 g/mol. The maximum absolute atomic E-state index is 13.8. The minimum atomic E-state index is -1.96. The summed E-state index contributed by atoms with van der Waals surface area (Å²) in [7, 11) is 4.11. The number of benzene rings is 1. The molecule has 29 nitrogen and oxygen atoms in total. The van der Waals surface area contributed by atoms with Crippen molar-refractivity contribution in [2.75, 3.05) is 41.2 Å². The molecule has 4 saturated carbocycles. The van der Waals surface area contributed by atoms with Crippen molar-refractivity contribution in [2.24, 2.45) is 22.7 Å². The number of carbonyl (C=O) groups excluding carboxylic acids is 1. The Bertz CT molecular complexity index is 2520. The van der Waals surface area contributed by atoms with Crippen LogP contribution in [0.1, 0.15) is 103 Å². The summed E-state index contributed by atoms with van der Waals surface area (Å²) in [5.41, 5.74) is -7.63. The van der Waals surface area contributed by atoms with Crippen LogP contribution in [0.2, 0.25) is 0 Å². The topological polar surface area (TPSA) is 430 Å². The number of aliphatic hydroxyl groups is 14. The third-order valence-corrected chi connectivity index (χ3v) is 22.3. The molecule has 4 aliphatic carbocycles. The van der Waals surface area contributed by atoms with Crippen molar-refractivity contribution in [2.45, 2.75) is 275 Å². The molecule has 29 heteroatoms. The molecule has 1 aromatic carbocycles. The second-order valence-corrected chi connectivity index (χ2v) is 26.8. The van der Waals surface area contributed by atoms with Gasteiger partial charge in [0, 0.05) is 27.8 Å². The van der Waals surface area contributed by atoms with E-state index >= 15 is 0 Å². The van der Waals surface area contributed by atoms with Crippen LogP contribution in [-0.4, -0.2) is 301 Å². The van der Waals surface area contributed by atoms with Crippen LogP contribution in [0.4, 0.5) is 0 Å². The number of aliphatic hydroxyl groups excluding tert-OH is 11. The highest BCUT2D eigenvalue weighted by Crippen LogP contribution is 2.72. The van der Waals surface area contributed by atoms with Gasteiger partial charge >= 0.3 is 5.97 Å². The van der Waals surface area contributed by atoms with E-state index in [1.807, 2.05) is 0 Å². The maximum Gasteiger partial charge on any atom is 0.338 e. The highest BCUT2D eigenvalue weighted by molar-refractivity contribution is 5.89. The second kappa shape index (κ2) is 27.6. The van der Waals surface area contributed by atoms with E-state index in [4.69, 9.17) is 66.3 Å². The highest BCUT2D eigenvalue weighted by Gasteiger charge is 2.82. The first-order chi connectivity index (χ1) is 42.6. The molecular formula is C61H96O29. The standard InChI is InChI=1S/C61H96O29/c1-26-46(88-55-44(71)50(78-7)47(27(2)81-55)89-54-43(70)41(68)48(34(24-63)84-54)90-53-42(69)40(67)39(66)33(23-62)83-53)32(77-6)21-38(80-26)87-49-35(25-64)85-56(45(72)51(49)79-8)82-31-15-16-57(4)30(20-31)14-17-60(75)36(57)22-37(86-52(73)29-12-10-9-11-13-29)58(5)59(74,28(3)65)18-19-61(58,60)76/h9-13,26-28,30-51,53-56,62-72,74-76H,14-25H2,1-8H3/t26-,27-,28?,30?,31+,32-,33-,34-,35-,36-,37-,38+,39-,40+,41-,42-,43-,44-,45-,46-,47-,48-,49-,50-,51+,53+,54+,55+,56-,57+,58-,59-,60+,61-/m1/s1. The number of rotatable bonds is 19. The van der Waals surface area contributed by atoms with Gasteiger partial charge < -0.3 is 138 Å². The first-order valence-electron chi connectivity index (χ1n) is 31.5. The van der Waals surface area contributed by atoms with Gasteiger partial charge in [-0.3, -0.25) is 0 Å². The largest absolute Gasteiger partial charge is 0.458 e. The van der Waals surface area contributed by atoms with Crippen molar-refractivity contribution in [3.63, 3.8) is 0 Å². The van der Waals surface area contributed by atoms with Crippen LogP contribution in [0, 0.1) is 22.7 Å². The van der Waals surface area contributed by atoms with Gasteiger partial charge in [0.25, 0.3) is 0 Å². The van der Waals surface area contributed by atoms with Crippen LogP contribution < -0.4 is 0 Å². The summed E-state index contributed by atoms with van der Waals surface area (Å²) in [5, 5.41) is 158. The number of ether oxygens (including phenoxy) is 14. The van der Waals surface area contributed by atoms with Gasteiger partial charge in [-0.2, -0.15) is 0 Å². The summed E-state index contributed by atoms with van der Waals surface area (Å²) in [6, 6.07) is 8.39. The molecule has 14 N–H and O–H groups in total. The van der Waals surface area contributed by atoms with E-state index < -0.39 is 225 Å². The Balaban J connectivity index is 0.749. The van der Waals surface area contributed by atoms with E-state index in [2.05, 4.69) is 6.92 Å². The molecule has 5 saturated heterocycles. The van der Waals surface area contributed by atoms with E-state index in [-0.39, 0.29) is 43.6 Å². The molecule has 0 bridgehead atoms. The van der Waals surface area contributed by atoms with Crippen molar-refractivity contribution in [1.29, 1.82) is 0 Å². The average molecular weight is 1290 g/mol. The smallest absolute Gasteiger partial charge is 0.338 e. The summed E-state index contributed by atoms with van der Waals surface area (Å²) in [5.74, 6) is -1.37. The summed E-state index contributed by atoms with van der Waals surface area (Å²) in [6.45, 7) is 6.21. The Morgan fingerprint density at radius 2 is 1.12 bits per heavy atom. The number of hydrogen-bond donors (Lipinski definition) is 14. The van der Waals surface area contributed by atoms with E-state index in [0.717, 1.165) is 0 Å². The Kier molecular flexibility index (Phi) is 21.6. The fourth-order valence-electron chi connectivity index (χ4n) is 17.0. The summed E-state index contributed by atoms with van der Waals surface area (Å²) in [6.07, 6.45) is -34.0. The molecule has 5 aliphatic heterocycles. The molecule has 0 spiro atoms. The molecule has 90 heavy (non-hydrogen) atoms. The van der Waals surface area contributed by atoms with Gasteiger partial charge in [-0.25, -0.2) is 4.79 Å². The van der Waals surface area contributed by atoms with Crippen LogP contribution in [0.15, 0.2) is 30.3 Å². The van der Waals surface area contributed by atoms with Crippen molar-refractivity contribution in [3.8, 4) is 0 Å². The predicted molar refractivity (Wildman–Crippen MR) is 302 cm³/mol. The highest BCUT2D eigenvalue weighted by atomic mass is 16.8. The van der Waals surface area contributed by atoms with E-state index in [0.29, 0.717) is 25.7 Å². The van der Waals surface area contributed by atoms with Gasteiger partial charge in [0.2, 0.25) is 0 Å². The molecule has 10 rings (SSSR count). The van der Waals surface area contributed by atoms with Crippen molar-refractivity contribution >= 4 is 5.97 Å². The quantitative estimate of drug-likeness (QED) is 0.0477. The molecule has 0 amide bonds. The fourth-order valence-corrected chi connectivity index (χ4v) is 17.0. The lowest BCUT2D eigenvalue weighted by Crippen LogP contribution is -2.79. The lowest BCUT2D eigenvalue weighted by molar-refractivity contribution is -0.386. The molecule has 514 valence electrons. The van der Waals surface area contributed by atoms with E-state index in [9.17, 15) is 76.3 Å². The molecule has 2 unspecified atom stereocenters. The maximum atomic E-state index is 13.8. The third kappa shape index (κ3) is 12.0. The Labute approximate surface area is 521 Å². The van der Waals surface area contributed by atoms with Gasteiger partial charge in [0.1, 0.15) is 115 Å². The van der Waals surface area contributed by atoms with Crippen molar-refractivity contribution in [3.05, 3.63) is 35.9 Å².